The highest BCUT2D eigenvalue weighted by atomic mass is 32.2. The van der Waals surface area contributed by atoms with Crippen molar-refractivity contribution in [3.63, 3.8) is 0 Å². The molecule has 2 aliphatic rings. The second-order valence-corrected chi connectivity index (χ2v) is 7.99. The first-order valence-electron chi connectivity index (χ1n) is 6.52. The first-order chi connectivity index (χ1) is 7.52. The lowest BCUT2D eigenvalue weighted by atomic mass is 9.79. The van der Waals surface area contributed by atoms with Crippen molar-refractivity contribution >= 4 is 9.84 Å². The van der Waals surface area contributed by atoms with Crippen LogP contribution in [-0.4, -0.2) is 25.0 Å². The van der Waals surface area contributed by atoms with Crippen LogP contribution in [0.15, 0.2) is 0 Å². The zero-order valence-corrected chi connectivity index (χ0v) is 10.8. The van der Waals surface area contributed by atoms with Gasteiger partial charge in [0, 0.05) is 5.54 Å². The number of hydrogen-bond donors (Lipinski definition) is 1. The fourth-order valence-corrected chi connectivity index (χ4v) is 5.04. The van der Waals surface area contributed by atoms with Crippen LogP contribution in [0.2, 0.25) is 0 Å². The molecule has 1 unspecified atom stereocenters. The second kappa shape index (κ2) is 4.65. The Kier molecular flexibility index (Phi) is 3.59. The molecule has 16 heavy (non-hydrogen) atoms. The van der Waals surface area contributed by atoms with Crippen LogP contribution >= 0.6 is 0 Å². The molecule has 0 aromatic heterocycles. The summed E-state index contributed by atoms with van der Waals surface area (Å²) in [5.41, 5.74) is 6.27. The maximum absolute atomic E-state index is 11.7. The first kappa shape index (κ1) is 12.4. The monoisotopic (exact) mass is 245 g/mol. The Morgan fingerprint density at radius 1 is 1.12 bits per heavy atom. The van der Waals surface area contributed by atoms with E-state index in [1.54, 1.807) is 0 Å². The molecule has 1 saturated carbocycles. The number of hydrogen-bond acceptors (Lipinski definition) is 3. The van der Waals surface area contributed by atoms with E-state index in [1.165, 1.54) is 19.3 Å². The van der Waals surface area contributed by atoms with E-state index in [0.29, 0.717) is 5.75 Å². The van der Waals surface area contributed by atoms with Crippen molar-refractivity contribution in [3.05, 3.63) is 0 Å². The molecule has 0 bridgehead atoms. The van der Waals surface area contributed by atoms with Gasteiger partial charge in [-0.1, -0.05) is 19.3 Å². The summed E-state index contributed by atoms with van der Waals surface area (Å²) in [7, 11) is -2.77. The maximum Gasteiger partial charge on any atom is 0.153 e. The van der Waals surface area contributed by atoms with Gasteiger partial charge in [-0.25, -0.2) is 8.42 Å². The standard InChI is InChI=1S/C12H23NO2S/c13-12(7-2-1-3-8-12)9-6-11-5-4-10-16(11,14)15/h11H,1-10,13H2. The third-order valence-electron chi connectivity index (χ3n) is 4.28. The van der Waals surface area contributed by atoms with E-state index in [9.17, 15) is 8.42 Å². The Labute approximate surface area is 98.7 Å². The van der Waals surface area contributed by atoms with Gasteiger partial charge in [-0.05, 0) is 38.5 Å². The molecule has 1 heterocycles. The van der Waals surface area contributed by atoms with E-state index < -0.39 is 9.84 Å². The Morgan fingerprint density at radius 3 is 2.38 bits per heavy atom. The molecule has 1 saturated heterocycles. The van der Waals surface area contributed by atoms with Gasteiger partial charge in [0.25, 0.3) is 0 Å². The fourth-order valence-electron chi connectivity index (χ4n) is 3.14. The zero-order valence-electron chi connectivity index (χ0n) is 9.95. The minimum absolute atomic E-state index is 0.0592. The van der Waals surface area contributed by atoms with Crippen LogP contribution < -0.4 is 5.73 Å². The van der Waals surface area contributed by atoms with E-state index in [4.69, 9.17) is 5.73 Å². The van der Waals surface area contributed by atoms with Crippen LogP contribution in [0.3, 0.4) is 0 Å². The largest absolute Gasteiger partial charge is 0.325 e. The molecule has 4 heteroatoms. The molecule has 2 fully saturated rings. The lowest BCUT2D eigenvalue weighted by Gasteiger charge is -2.34. The smallest absolute Gasteiger partial charge is 0.153 e. The summed E-state index contributed by atoms with van der Waals surface area (Å²) in [5.74, 6) is 0.398. The molecule has 2 rings (SSSR count). The molecule has 3 nitrogen and oxygen atoms in total. The number of rotatable bonds is 3. The number of nitrogens with two attached hydrogens (primary N) is 1. The van der Waals surface area contributed by atoms with Crippen LogP contribution in [0, 0.1) is 0 Å². The highest BCUT2D eigenvalue weighted by molar-refractivity contribution is 7.92. The summed E-state index contributed by atoms with van der Waals surface area (Å²) in [4.78, 5) is 0. The minimum Gasteiger partial charge on any atom is -0.325 e. The highest BCUT2D eigenvalue weighted by Crippen LogP contribution is 2.33. The van der Waals surface area contributed by atoms with E-state index in [2.05, 4.69) is 0 Å². The third-order valence-corrected chi connectivity index (χ3v) is 6.62. The Bertz CT molecular complexity index is 331. The van der Waals surface area contributed by atoms with Crippen LogP contribution in [0.5, 0.6) is 0 Å². The molecular weight excluding hydrogens is 222 g/mol. The van der Waals surface area contributed by atoms with Crippen molar-refractivity contribution < 1.29 is 8.42 Å². The normalized spacial score (nSPS) is 32.7. The van der Waals surface area contributed by atoms with E-state index in [0.717, 1.165) is 38.5 Å². The predicted octanol–water partition coefficient (Wildman–Crippen LogP) is 2.01. The Balaban J connectivity index is 1.87. The molecular formula is C12H23NO2S. The summed E-state index contributed by atoms with van der Waals surface area (Å²) in [6.45, 7) is 0. The number of sulfone groups is 1. The maximum atomic E-state index is 11.7. The molecule has 2 N–H and O–H groups in total. The van der Waals surface area contributed by atoms with E-state index >= 15 is 0 Å². The lowest BCUT2D eigenvalue weighted by molar-refractivity contribution is 0.271. The Morgan fingerprint density at radius 2 is 1.81 bits per heavy atom. The molecule has 0 aromatic carbocycles. The Hall–Kier alpha value is -0.0900. The van der Waals surface area contributed by atoms with Crippen molar-refractivity contribution in [3.8, 4) is 0 Å². The summed E-state index contributed by atoms with van der Waals surface area (Å²) in [6, 6.07) is 0. The molecule has 1 aliphatic heterocycles. The minimum atomic E-state index is -2.77. The topological polar surface area (TPSA) is 60.2 Å². The van der Waals surface area contributed by atoms with Gasteiger partial charge >= 0.3 is 0 Å². The molecule has 94 valence electrons. The van der Waals surface area contributed by atoms with Gasteiger partial charge < -0.3 is 5.73 Å². The van der Waals surface area contributed by atoms with Crippen LogP contribution in [0.4, 0.5) is 0 Å². The van der Waals surface area contributed by atoms with Gasteiger partial charge in [-0.15, -0.1) is 0 Å². The summed E-state index contributed by atoms with van der Waals surface area (Å²) in [6.07, 6.45) is 9.29. The summed E-state index contributed by atoms with van der Waals surface area (Å²) >= 11 is 0. The molecule has 1 aliphatic carbocycles. The fraction of sp³-hybridized carbons (Fsp3) is 1.00. The van der Waals surface area contributed by atoms with Crippen molar-refractivity contribution in [2.24, 2.45) is 5.73 Å². The zero-order chi connectivity index (χ0) is 11.6. The quantitative estimate of drug-likeness (QED) is 0.827. The molecule has 0 aromatic rings. The van der Waals surface area contributed by atoms with Gasteiger partial charge in [0.05, 0.1) is 11.0 Å². The van der Waals surface area contributed by atoms with Crippen molar-refractivity contribution in [1.82, 2.24) is 0 Å². The average Bonchev–Trinajstić information content (AvgIpc) is 2.56. The van der Waals surface area contributed by atoms with Gasteiger partial charge in [0.2, 0.25) is 0 Å². The first-order valence-corrected chi connectivity index (χ1v) is 8.24. The summed E-state index contributed by atoms with van der Waals surface area (Å²) in [5, 5.41) is -0.0881. The average molecular weight is 245 g/mol. The van der Waals surface area contributed by atoms with Gasteiger partial charge in [-0.3, -0.25) is 0 Å². The van der Waals surface area contributed by atoms with Crippen LogP contribution in [0.1, 0.15) is 57.8 Å². The molecule has 1 atom stereocenters. The third kappa shape index (κ3) is 2.77. The van der Waals surface area contributed by atoms with E-state index in [-0.39, 0.29) is 10.8 Å². The van der Waals surface area contributed by atoms with Crippen LogP contribution in [0.25, 0.3) is 0 Å². The van der Waals surface area contributed by atoms with Gasteiger partial charge in [0.1, 0.15) is 0 Å². The van der Waals surface area contributed by atoms with Crippen molar-refractivity contribution in [1.29, 1.82) is 0 Å². The van der Waals surface area contributed by atoms with Crippen LogP contribution in [-0.2, 0) is 9.84 Å². The van der Waals surface area contributed by atoms with Gasteiger partial charge in [0.15, 0.2) is 9.84 Å². The lowest BCUT2D eigenvalue weighted by Crippen LogP contribution is -2.42. The SMILES string of the molecule is NC1(CCC2CCCS2(=O)=O)CCCCC1. The van der Waals surface area contributed by atoms with Gasteiger partial charge in [-0.2, -0.15) is 0 Å². The second-order valence-electron chi connectivity index (χ2n) is 5.59. The summed E-state index contributed by atoms with van der Waals surface area (Å²) < 4.78 is 23.4. The van der Waals surface area contributed by atoms with E-state index in [1.807, 2.05) is 0 Å². The predicted molar refractivity (Wildman–Crippen MR) is 66.0 cm³/mol. The highest BCUT2D eigenvalue weighted by Gasteiger charge is 2.34. The molecule has 0 amide bonds. The van der Waals surface area contributed by atoms with Crippen molar-refractivity contribution in [2.45, 2.75) is 68.6 Å². The molecule has 0 spiro atoms. The molecule has 0 radical (unpaired) electrons. The van der Waals surface area contributed by atoms with Crippen molar-refractivity contribution in [2.75, 3.05) is 5.75 Å².